The number of nitrogens with two attached hydrogens (primary N) is 1. The Morgan fingerprint density at radius 2 is 1.94 bits per heavy atom. The van der Waals surface area contributed by atoms with Crippen molar-refractivity contribution < 1.29 is 9.53 Å². The summed E-state index contributed by atoms with van der Waals surface area (Å²) in [5, 5.41) is 0. The van der Waals surface area contributed by atoms with E-state index in [0.29, 0.717) is 0 Å². The molecule has 17 heavy (non-hydrogen) atoms. The molecule has 1 aromatic rings. The van der Waals surface area contributed by atoms with Crippen LogP contribution in [0.1, 0.15) is 39.7 Å². The zero-order valence-corrected chi connectivity index (χ0v) is 11.0. The first-order valence-corrected chi connectivity index (χ1v) is 5.85. The summed E-state index contributed by atoms with van der Waals surface area (Å²) in [5.74, 6) is 0.486. The lowest BCUT2D eigenvalue weighted by molar-refractivity contribution is -0.119. The molecule has 0 bridgehead atoms. The van der Waals surface area contributed by atoms with Crippen molar-refractivity contribution in [1.29, 1.82) is 0 Å². The topological polar surface area (TPSA) is 52.3 Å². The van der Waals surface area contributed by atoms with E-state index < -0.39 is 0 Å². The minimum absolute atomic E-state index is 0.0169. The Balaban J connectivity index is 2.87. The number of para-hydroxylation sites is 1. The van der Waals surface area contributed by atoms with Crippen LogP contribution >= 0.6 is 0 Å². The number of benzene rings is 1. The van der Waals surface area contributed by atoms with Crippen LogP contribution in [0.15, 0.2) is 24.3 Å². The fraction of sp³-hybridized carbons (Fsp3) is 0.500. The molecule has 0 fully saturated rings. The van der Waals surface area contributed by atoms with Gasteiger partial charge in [0.2, 0.25) is 5.91 Å². The van der Waals surface area contributed by atoms with Crippen LogP contribution in [0, 0.1) is 0 Å². The first-order valence-electron chi connectivity index (χ1n) is 5.85. The van der Waals surface area contributed by atoms with Gasteiger partial charge in [0, 0.05) is 0 Å². The number of rotatable bonds is 4. The number of amides is 1. The molecule has 0 spiro atoms. The Morgan fingerprint density at radius 1 is 1.35 bits per heavy atom. The van der Waals surface area contributed by atoms with Crippen molar-refractivity contribution in [1.82, 2.24) is 0 Å². The second kappa shape index (κ2) is 5.21. The molecule has 0 aromatic heterocycles. The van der Waals surface area contributed by atoms with E-state index in [2.05, 4.69) is 20.8 Å². The third-order valence-electron chi connectivity index (χ3n) is 2.51. The summed E-state index contributed by atoms with van der Waals surface area (Å²) in [4.78, 5) is 10.8. The highest BCUT2D eigenvalue weighted by Crippen LogP contribution is 2.31. The van der Waals surface area contributed by atoms with E-state index in [-0.39, 0.29) is 23.8 Å². The predicted molar refractivity (Wildman–Crippen MR) is 69.0 cm³/mol. The Labute approximate surface area is 103 Å². The van der Waals surface area contributed by atoms with Gasteiger partial charge in [-0.3, -0.25) is 4.79 Å². The molecule has 3 nitrogen and oxygen atoms in total. The van der Waals surface area contributed by atoms with Crippen LogP contribution in [-0.4, -0.2) is 12.0 Å². The van der Waals surface area contributed by atoms with Crippen LogP contribution in [0.2, 0.25) is 0 Å². The fourth-order valence-corrected chi connectivity index (χ4v) is 1.73. The van der Waals surface area contributed by atoms with Gasteiger partial charge < -0.3 is 10.5 Å². The van der Waals surface area contributed by atoms with Crippen LogP contribution in [0.25, 0.3) is 0 Å². The molecule has 1 aromatic carbocycles. The van der Waals surface area contributed by atoms with Crippen molar-refractivity contribution in [2.75, 3.05) is 0 Å². The minimum Gasteiger partial charge on any atom is -0.490 e. The van der Waals surface area contributed by atoms with Gasteiger partial charge in [-0.25, -0.2) is 0 Å². The molecule has 0 heterocycles. The fourth-order valence-electron chi connectivity index (χ4n) is 1.73. The normalized spacial score (nSPS) is 13.2. The molecule has 0 aliphatic heterocycles. The maximum atomic E-state index is 10.8. The summed E-state index contributed by atoms with van der Waals surface area (Å²) >= 11 is 0. The van der Waals surface area contributed by atoms with Gasteiger partial charge in [0.15, 0.2) is 0 Å². The molecule has 94 valence electrons. The highest BCUT2D eigenvalue weighted by atomic mass is 16.5. The number of hydrogen-bond donors (Lipinski definition) is 1. The molecule has 0 radical (unpaired) electrons. The maximum Gasteiger partial charge on any atom is 0.221 e. The van der Waals surface area contributed by atoms with E-state index in [4.69, 9.17) is 10.5 Å². The SMILES string of the molecule is CC(CC(N)=O)Oc1ccccc1C(C)(C)C. The van der Waals surface area contributed by atoms with Crippen molar-refractivity contribution in [2.45, 2.75) is 45.6 Å². The summed E-state index contributed by atoms with van der Waals surface area (Å²) < 4.78 is 5.78. The molecule has 0 aliphatic rings. The van der Waals surface area contributed by atoms with E-state index in [0.717, 1.165) is 11.3 Å². The summed E-state index contributed by atoms with van der Waals surface area (Å²) in [6.07, 6.45) is 0.0365. The van der Waals surface area contributed by atoms with E-state index in [1.165, 1.54) is 0 Å². The molecule has 1 atom stereocenters. The van der Waals surface area contributed by atoms with E-state index in [9.17, 15) is 4.79 Å². The van der Waals surface area contributed by atoms with Gasteiger partial charge >= 0.3 is 0 Å². The van der Waals surface area contributed by atoms with E-state index in [1.54, 1.807) is 0 Å². The molecular formula is C14H21NO2. The first-order chi connectivity index (χ1) is 7.80. The average Bonchev–Trinajstić information content (AvgIpc) is 2.15. The quantitative estimate of drug-likeness (QED) is 0.872. The minimum atomic E-state index is -0.342. The first kappa shape index (κ1) is 13.6. The zero-order valence-electron chi connectivity index (χ0n) is 11.0. The van der Waals surface area contributed by atoms with E-state index in [1.807, 2.05) is 31.2 Å². The third kappa shape index (κ3) is 4.10. The highest BCUT2D eigenvalue weighted by molar-refractivity contribution is 5.74. The molecule has 1 unspecified atom stereocenters. The van der Waals surface area contributed by atoms with Crippen LogP contribution in [-0.2, 0) is 10.2 Å². The zero-order chi connectivity index (χ0) is 13.1. The summed E-state index contributed by atoms with van der Waals surface area (Å²) in [7, 11) is 0. The van der Waals surface area contributed by atoms with Crippen molar-refractivity contribution in [3.05, 3.63) is 29.8 Å². The van der Waals surface area contributed by atoms with Crippen molar-refractivity contribution in [2.24, 2.45) is 5.73 Å². The largest absolute Gasteiger partial charge is 0.490 e. The van der Waals surface area contributed by atoms with Gasteiger partial charge in [-0.2, -0.15) is 0 Å². The van der Waals surface area contributed by atoms with Crippen molar-refractivity contribution >= 4 is 5.91 Å². The number of carbonyl (C=O) groups is 1. The molecule has 0 aliphatic carbocycles. The van der Waals surface area contributed by atoms with Crippen LogP contribution in [0.4, 0.5) is 0 Å². The van der Waals surface area contributed by atoms with Gasteiger partial charge in [-0.05, 0) is 24.0 Å². The van der Waals surface area contributed by atoms with Gasteiger partial charge in [-0.15, -0.1) is 0 Å². The smallest absolute Gasteiger partial charge is 0.221 e. The molecule has 2 N–H and O–H groups in total. The predicted octanol–water partition coefficient (Wildman–Crippen LogP) is 2.63. The van der Waals surface area contributed by atoms with E-state index >= 15 is 0 Å². The third-order valence-corrected chi connectivity index (χ3v) is 2.51. The highest BCUT2D eigenvalue weighted by Gasteiger charge is 2.19. The van der Waals surface area contributed by atoms with Crippen molar-refractivity contribution in [3.8, 4) is 5.75 Å². The molecular weight excluding hydrogens is 214 g/mol. The Hall–Kier alpha value is -1.51. The molecule has 1 rings (SSSR count). The number of hydrogen-bond acceptors (Lipinski definition) is 2. The number of carbonyl (C=O) groups excluding carboxylic acids is 1. The molecule has 0 saturated carbocycles. The standard InChI is InChI=1S/C14H21NO2/c1-10(9-13(15)16)17-12-8-6-5-7-11(12)14(2,3)4/h5-8,10H,9H2,1-4H3,(H2,15,16). The Bertz CT molecular complexity index is 393. The summed E-state index contributed by atoms with van der Waals surface area (Å²) in [6.45, 7) is 8.25. The van der Waals surface area contributed by atoms with Crippen molar-refractivity contribution in [3.63, 3.8) is 0 Å². The Morgan fingerprint density at radius 3 is 2.47 bits per heavy atom. The number of ether oxygens (including phenoxy) is 1. The molecule has 3 heteroatoms. The van der Waals surface area contributed by atoms with Gasteiger partial charge in [0.1, 0.15) is 11.9 Å². The van der Waals surface area contributed by atoms with Gasteiger partial charge in [0.05, 0.1) is 6.42 Å². The van der Waals surface area contributed by atoms with Crippen LogP contribution < -0.4 is 10.5 Å². The lowest BCUT2D eigenvalue weighted by Crippen LogP contribution is -2.23. The summed E-state index contributed by atoms with van der Waals surface area (Å²) in [5.41, 5.74) is 6.30. The van der Waals surface area contributed by atoms with Gasteiger partial charge in [0.25, 0.3) is 0 Å². The second-order valence-electron chi connectivity index (χ2n) is 5.35. The number of primary amides is 1. The lowest BCUT2D eigenvalue weighted by Gasteiger charge is -2.24. The summed E-state index contributed by atoms with van der Waals surface area (Å²) in [6, 6.07) is 7.90. The molecule has 0 saturated heterocycles. The monoisotopic (exact) mass is 235 g/mol. The maximum absolute atomic E-state index is 10.8. The Kier molecular flexibility index (Phi) is 4.16. The van der Waals surface area contributed by atoms with Crippen LogP contribution in [0.5, 0.6) is 5.75 Å². The second-order valence-corrected chi connectivity index (χ2v) is 5.35. The molecule has 1 amide bonds. The van der Waals surface area contributed by atoms with Gasteiger partial charge in [-0.1, -0.05) is 39.0 Å². The van der Waals surface area contributed by atoms with Crippen LogP contribution in [0.3, 0.4) is 0 Å². The lowest BCUT2D eigenvalue weighted by atomic mass is 9.86. The average molecular weight is 235 g/mol.